The molecule has 0 radical (unpaired) electrons. The van der Waals surface area contributed by atoms with Crippen molar-refractivity contribution in [1.29, 1.82) is 0 Å². The standard InChI is InChI=1S/C23H23NO2/c1-5-6-17-9-15(3)21(16(4)10-17)22-20(25)12-18(23(22)26)11-19-8-7-14(2)13-24-19/h7-10,13,18,26H,11-12H2,1-4H3. The van der Waals surface area contributed by atoms with Gasteiger partial charge in [0, 0.05) is 29.8 Å². The molecule has 0 bridgehead atoms. The van der Waals surface area contributed by atoms with Crippen molar-refractivity contribution in [3.05, 3.63) is 69.7 Å². The second-order valence-corrected chi connectivity index (χ2v) is 6.98. The Morgan fingerprint density at radius 1 is 1.19 bits per heavy atom. The predicted octanol–water partition coefficient (Wildman–Crippen LogP) is 4.48. The first-order chi connectivity index (χ1) is 12.4. The highest BCUT2D eigenvalue weighted by Gasteiger charge is 2.34. The minimum atomic E-state index is -0.207. The minimum absolute atomic E-state index is 0.000127. The molecule has 0 saturated heterocycles. The number of carbonyl (C=O) groups excluding carboxylic acids is 1. The van der Waals surface area contributed by atoms with Crippen LogP contribution in [0.25, 0.3) is 5.57 Å². The average molecular weight is 345 g/mol. The fourth-order valence-electron chi connectivity index (χ4n) is 3.65. The molecular weight excluding hydrogens is 322 g/mol. The number of ketones is 1. The fraction of sp³-hybridized carbons (Fsp3) is 0.304. The number of hydrogen-bond donors (Lipinski definition) is 1. The van der Waals surface area contributed by atoms with Crippen LogP contribution in [0.1, 0.15) is 46.9 Å². The monoisotopic (exact) mass is 345 g/mol. The van der Waals surface area contributed by atoms with Crippen LogP contribution >= 0.6 is 0 Å². The molecule has 3 nitrogen and oxygen atoms in total. The molecule has 2 aromatic rings. The second kappa shape index (κ2) is 7.17. The third kappa shape index (κ3) is 3.41. The summed E-state index contributed by atoms with van der Waals surface area (Å²) >= 11 is 0. The lowest BCUT2D eigenvalue weighted by molar-refractivity contribution is -0.113. The molecule has 0 amide bonds. The van der Waals surface area contributed by atoms with Crippen molar-refractivity contribution < 1.29 is 9.90 Å². The van der Waals surface area contributed by atoms with Crippen LogP contribution in [-0.2, 0) is 11.2 Å². The fourth-order valence-corrected chi connectivity index (χ4v) is 3.65. The van der Waals surface area contributed by atoms with Gasteiger partial charge in [0.1, 0.15) is 5.76 Å². The Balaban J connectivity index is 1.98. The van der Waals surface area contributed by atoms with Crippen LogP contribution in [-0.4, -0.2) is 15.9 Å². The number of aromatic nitrogens is 1. The van der Waals surface area contributed by atoms with E-state index >= 15 is 0 Å². The molecule has 3 heteroatoms. The van der Waals surface area contributed by atoms with E-state index in [4.69, 9.17) is 0 Å². The number of nitrogens with zero attached hydrogens (tertiary/aromatic N) is 1. The lowest BCUT2D eigenvalue weighted by Crippen LogP contribution is -2.06. The van der Waals surface area contributed by atoms with Gasteiger partial charge in [0.15, 0.2) is 5.78 Å². The van der Waals surface area contributed by atoms with Gasteiger partial charge in [-0.3, -0.25) is 9.78 Å². The Hall–Kier alpha value is -2.86. The first-order valence-corrected chi connectivity index (χ1v) is 8.83. The Morgan fingerprint density at radius 3 is 2.46 bits per heavy atom. The van der Waals surface area contributed by atoms with Crippen LogP contribution < -0.4 is 0 Å². The van der Waals surface area contributed by atoms with Gasteiger partial charge in [0.2, 0.25) is 0 Å². The molecule has 0 spiro atoms. The first-order valence-electron chi connectivity index (χ1n) is 8.83. The Morgan fingerprint density at radius 2 is 1.88 bits per heavy atom. The highest BCUT2D eigenvalue weighted by atomic mass is 16.3. The third-order valence-electron chi connectivity index (χ3n) is 4.83. The molecule has 26 heavy (non-hydrogen) atoms. The summed E-state index contributed by atoms with van der Waals surface area (Å²) in [5.74, 6) is 5.94. The van der Waals surface area contributed by atoms with E-state index in [1.54, 1.807) is 6.92 Å². The van der Waals surface area contributed by atoms with Gasteiger partial charge in [-0.1, -0.05) is 12.0 Å². The van der Waals surface area contributed by atoms with E-state index in [9.17, 15) is 9.90 Å². The number of Topliss-reactive ketones (excluding diaryl/α,β-unsaturated/α-hetero) is 1. The SMILES string of the molecule is CC#Cc1cc(C)c(C2=C(O)C(Cc3ccc(C)cn3)CC2=O)c(C)c1. The van der Waals surface area contributed by atoms with Crippen LogP contribution in [0, 0.1) is 38.5 Å². The lowest BCUT2D eigenvalue weighted by atomic mass is 9.92. The Labute approximate surface area is 154 Å². The normalized spacial score (nSPS) is 16.6. The second-order valence-electron chi connectivity index (χ2n) is 6.98. The van der Waals surface area contributed by atoms with E-state index in [0.717, 1.165) is 33.5 Å². The molecule has 3 rings (SSSR count). The number of pyridine rings is 1. The van der Waals surface area contributed by atoms with Crippen LogP contribution in [0.4, 0.5) is 0 Å². The summed E-state index contributed by atoms with van der Waals surface area (Å²) in [6, 6.07) is 7.91. The van der Waals surface area contributed by atoms with E-state index in [0.29, 0.717) is 18.4 Å². The summed E-state index contributed by atoms with van der Waals surface area (Å²) in [6.45, 7) is 7.72. The molecule has 1 aromatic heterocycles. The van der Waals surface area contributed by atoms with Gasteiger partial charge in [0.05, 0.1) is 5.57 Å². The number of hydrogen-bond acceptors (Lipinski definition) is 3. The molecule has 0 aliphatic heterocycles. The number of allylic oxidation sites excluding steroid dienone is 2. The molecule has 1 aromatic carbocycles. The van der Waals surface area contributed by atoms with Crippen LogP contribution in [0.3, 0.4) is 0 Å². The van der Waals surface area contributed by atoms with Crippen molar-refractivity contribution in [1.82, 2.24) is 4.98 Å². The smallest absolute Gasteiger partial charge is 0.167 e. The van der Waals surface area contributed by atoms with Crippen molar-refractivity contribution in [3.8, 4) is 11.8 Å². The van der Waals surface area contributed by atoms with Gasteiger partial charge in [-0.25, -0.2) is 0 Å². The van der Waals surface area contributed by atoms with E-state index < -0.39 is 0 Å². The quantitative estimate of drug-likeness (QED) is 0.835. The van der Waals surface area contributed by atoms with Crippen LogP contribution in [0.15, 0.2) is 36.2 Å². The predicted molar refractivity (Wildman–Crippen MR) is 104 cm³/mol. The van der Waals surface area contributed by atoms with E-state index in [1.165, 1.54) is 0 Å². The molecule has 1 N–H and O–H groups in total. The molecule has 132 valence electrons. The first kappa shape index (κ1) is 17.9. The van der Waals surface area contributed by atoms with Crippen LogP contribution in [0.2, 0.25) is 0 Å². The Kier molecular flexibility index (Phi) is 4.95. The van der Waals surface area contributed by atoms with Gasteiger partial charge in [-0.15, -0.1) is 5.92 Å². The molecule has 0 fully saturated rings. The zero-order chi connectivity index (χ0) is 18.8. The highest BCUT2D eigenvalue weighted by molar-refractivity contribution is 6.24. The third-order valence-corrected chi connectivity index (χ3v) is 4.83. The van der Waals surface area contributed by atoms with Crippen LogP contribution in [0.5, 0.6) is 0 Å². The Bertz CT molecular complexity index is 933. The summed E-state index contributed by atoms with van der Waals surface area (Å²) in [5.41, 5.74) is 6.15. The van der Waals surface area contributed by atoms with Gasteiger partial charge in [-0.05, 0) is 74.6 Å². The van der Waals surface area contributed by atoms with E-state index in [2.05, 4.69) is 16.8 Å². The highest BCUT2D eigenvalue weighted by Crippen LogP contribution is 2.38. The summed E-state index contributed by atoms with van der Waals surface area (Å²) in [5, 5.41) is 10.8. The number of aliphatic hydroxyl groups excluding tert-OH is 1. The lowest BCUT2D eigenvalue weighted by Gasteiger charge is -2.13. The van der Waals surface area contributed by atoms with E-state index in [-0.39, 0.29) is 17.5 Å². The molecular formula is C23H23NO2. The maximum atomic E-state index is 12.7. The number of rotatable bonds is 3. The van der Waals surface area contributed by atoms with Crippen molar-refractivity contribution >= 4 is 11.4 Å². The van der Waals surface area contributed by atoms with Crippen molar-refractivity contribution in [2.75, 3.05) is 0 Å². The minimum Gasteiger partial charge on any atom is -0.511 e. The van der Waals surface area contributed by atoms with Crippen molar-refractivity contribution in [3.63, 3.8) is 0 Å². The molecule has 1 aliphatic rings. The number of benzene rings is 1. The van der Waals surface area contributed by atoms with E-state index in [1.807, 2.05) is 51.2 Å². The number of aryl methyl sites for hydroxylation is 3. The molecule has 1 heterocycles. The summed E-state index contributed by atoms with van der Waals surface area (Å²) in [7, 11) is 0. The number of aliphatic hydroxyl groups is 1. The molecule has 1 atom stereocenters. The molecule has 0 saturated carbocycles. The zero-order valence-corrected chi connectivity index (χ0v) is 15.7. The summed E-state index contributed by atoms with van der Waals surface area (Å²) < 4.78 is 0. The molecule has 1 aliphatic carbocycles. The van der Waals surface area contributed by atoms with Gasteiger partial charge >= 0.3 is 0 Å². The average Bonchev–Trinajstić information content (AvgIpc) is 2.84. The zero-order valence-electron chi connectivity index (χ0n) is 15.7. The van der Waals surface area contributed by atoms with Gasteiger partial charge in [-0.2, -0.15) is 0 Å². The topological polar surface area (TPSA) is 50.2 Å². The van der Waals surface area contributed by atoms with Gasteiger partial charge in [0.25, 0.3) is 0 Å². The summed E-state index contributed by atoms with van der Waals surface area (Å²) in [6.07, 6.45) is 2.71. The maximum Gasteiger partial charge on any atom is 0.167 e. The van der Waals surface area contributed by atoms with Gasteiger partial charge < -0.3 is 5.11 Å². The molecule has 1 unspecified atom stereocenters. The summed E-state index contributed by atoms with van der Waals surface area (Å²) in [4.78, 5) is 17.1. The van der Waals surface area contributed by atoms with Crippen molar-refractivity contribution in [2.45, 2.75) is 40.5 Å². The largest absolute Gasteiger partial charge is 0.511 e. The maximum absolute atomic E-state index is 12.7. The number of carbonyl (C=O) groups is 1. The van der Waals surface area contributed by atoms with Crippen molar-refractivity contribution in [2.24, 2.45) is 5.92 Å².